The SMILES string of the molecule is CN=C(NCCC(=O)NC1CCCCC1)NCC(C)c1ccsc1. The van der Waals surface area contributed by atoms with Crippen molar-refractivity contribution >= 4 is 23.2 Å². The van der Waals surface area contributed by atoms with Crippen molar-refractivity contribution in [3.8, 4) is 0 Å². The lowest BCUT2D eigenvalue weighted by Gasteiger charge is -2.22. The zero-order valence-electron chi connectivity index (χ0n) is 14.8. The van der Waals surface area contributed by atoms with Gasteiger partial charge in [-0.25, -0.2) is 0 Å². The van der Waals surface area contributed by atoms with Crippen LogP contribution in [0.25, 0.3) is 0 Å². The van der Waals surface area contributed by atoms with Crippen LogP contribution >= 0.6 is 11.3 Å². The fourth-order valence-corrected chi connectivity index (χ4v) is 3.77. The van der Waals surface area contributed by atoms with Crippen LogP contribution in [0.5, 0.6) is 0 Å². The Morgan fingerprint density at radius 1 is 1.33 bits per heavy atom. The monoisotopic (exact) mass is 350 g/mol. The molecule has 1 amide bonds. The maximum atomic E-state index is 12.0. The van der Waals surface area contributed by atoms with E-state index in [0.717, 1.165) is 25.3 Å². The van der Waals surface area contributed by atoms with E-state index in [0.29, 0.717) is 24.9 Å². The van der Waals surface area contributed by atoms with Gasteiger partial charge in [0, 0.05) is 32.6 Å². The molecule has 0 aliphatic heterocycles. The third-order valence-corrected chi connectivity index (χ3v) is 5.23. The molecule has 1 atom stereocenters. The molecule has 1 unspecified atom stereocenters. The van der Waals surface area contributed by atoms with Gasteiger partial charge in [0.15, 0.2) is 5.96 Å². The number of aliphatic imine (C=N–C) groups is 1. The summed E-state index contributed by atoms with van der Waals surface area (Å²) in [4.78, 5) is 16.2. The summed E-state index contributed by atoms with van der Waals surface area (Å²) in [6.07, 6.45) is 6.52. The van der Waals surface area contributed by atoms with Gasteiger partial charge in [0.1, 0.15) is 0 Å². The second kappa shape index (κ2) is 10.3. The molecule has 134 valence electrons. The molecular formula is C18H30N4OS. The molecule has 1 aliphatic rings. The van der Waals surface area contributed by atoms with Crippen LogP contribution in [0.4, 0.5) is 0 Å². The summed E-state index contributed by atoms with van der Waals surface area (Å²) in [5, 5.41) is 14.0. The third kappa shape index (κ3) is 6.51. The first-order valence-electron chi connectivity index (χ1n) is 8.95. The molecule has 1 heterocycles. The molecule has 6 heteroatoms. The summed E-state index contributed by atoms with van der Waals surface area (Å²) in [6, 6.07) is 2.54. The minimum Gasteiger partial charge on any atom is -0.356 e. The number of hydrogen-bond acceptors (Lipinski definition) is 3. The third-order valence-electron chi connectivity index (χ3n) is 4.53. The Morgan fingerprint density at radius 2 is 2.12 bits per heavy atom. The highest BCUT2D eigenvalue weighted by Crippen LogP contribution is 2.17. The second-order valence-corrected chi connectivity index (χ2v) is 7.27. The topological polar surface area (TPSA) is 65.5 Å². The number of thiophene rings is 1. The molecule has 1 aromatic rings. The van der Waals surface area contributed by atoms with E-state index in [1.807, 2.05) is 0 Å². The van der Waals surface area contributed by atoms with Crippen molar-refractivity contribution in [1.29, 1.82) is 0 Å². The highest BCUT2D eigenvalue weighted by molar-refractivity contribution is 7.07. The van der Waals surface area contributed by atoms with Crippen molar-refractivity contribution in [2.75, 3.05) is 20.1 Å². The molecular weight excluding hydrogens is 320 g/mol. The second-order valence-electron chi connectivity index (χ2n) is 6.49. The molecule has 1 saturated carbocycles. The molecule has 1 fully saturated rings. The molecule has 1 aliphatic carbocycles. The van der Waals surface area contributed by atoms with E-state index in [4.69, 9.17) is 0 Å². The average molecular weight is 351 g/mol. The molecule has 3 N–H and O–H groups in total. The van der Waals surface area contributed by atoms with Crippen molar-refractivity contribution in [2.45, 2.75) is 57.4 Å². The number of rotatable bonds is 7. The number of hydrogen-bond donors (Lipinski definition) is 3. The molecule has 24 heavy (non-hydrogen) atoms. The van der Waals surface area contributed by atoms with Gasteiger partial charge >= 0.3 is 0 Å². The lowest BCUT2D eigenvalue weighted by Crippen LogP contribution is -2.42. The van der Waals surface area contributed by atoms with Gasteiger partial charge in [0.05, 0.1) is 0 Å². The van der Waals surface area contributed by atoms with E-state index >= 15 is 0 Å². The summed E-state index contributed by atoms with van der Waals surface area (Å²) < 4.78 is 0. The molecule has 0 saturated heterocycles. The van der Waals surface area contributed by atoms with E-state index in [-0.39, 0.29) is 5.91 Å². The summed E-state index contributed by atoms with van der Waals surface area (Å²) in [6.45, 7) is 3.62. The van der Waals surface area contributed by atoms with Gasteiger partial charge in [0.25, 0.3) is 0 Å². The van der Waals surface area contributed by atoms with Crippen molar-refractivity contribution in [1.82, 2.24) is 16.0 Å². The fraction of sp³-hybridized carbons (Fsp3) is 0.667. The summed E-state index contributed by atoms with van der Waals surface area (Å²) in [7, 11) is 1.76. The van der Waals surface area contributed by atoms with Crippen LogP contribution in [0.1, 0.15) is 56.9 Å². The van der Waals surface area contributed by atoms with E-state index in [9.17, 15) is 4.79 Å². The summed E-state index contributed by atoms with van der Waals surface area (Å²) >= 11 is 1.72. The normalized spacial score (nSPS) is 17.3. The number of carbonyl (C=O) groups excluding carboxylic acids is 1. The summed E-state index contributed by atoms with van der Waals surface area (Å²) in [5.74, 6) is 1.32. The molecule has 1 aromatic heterocycles. The first-order valence-corrected chi connectivity index (χ1v) is 9.89. The number of amides is 1. The highest BCUT2D eigenvalue weighted by atomic mass is 32.1. The maximum Gasteiger partial charge on any atom is 0.221 e. The Morgan fingerprint density at radius 3 is 2.79 bits per heavy atom. The van der Waals surface area contributed by atoms with Gasteiger partial charge in [-0.3, -0.25) is 9.79 Å². The minimum atomic E-state index is 0.136. The minimum absolute atomic E-state index is 0.136. The van der Waals surface area contributed by atoms with Crippen LogP contribution in [0.2, 0.25) is 0 Å². The van der Waals surface area contributed by atoms with Crippen LogP contribution in [0.3, 0.4) is 0 Å². The predicted octanol–water partition coefficient (Wildman–Crippen LogP) is 2.86. The molecule has 0 spiro atoms. The zero-order valence-corrected chi connectivity index (χ0v) is 15.6. The van der Waals surface area contributed by atoms with Crippen molar-refractivity contribution in [2.24, 2.45) is 4.99 Å². The van der Waals surface area contributed by atoms with E-state index in [1.165, 1.54) is 24.8 Å². The largest absolute Gasteiger partial charge is 0.356 e. The van der Waals surface area contributed by atoms with E-state index in [1.54, 1.807) is 18.4 Å². The number of nitrogens with zero attached hydrogens (tertiary/aromatic N) is 1. The zero-order chi connectivity index (χ0) is 17.2. The molecule has 0 bridgehead atoms. The quantitative estimate of drug-likeness (QED) is 0.523. The molecule has 5 nitrogen and oxygen atoms in total. The van der Waals surface area contributed by atoms with Crippen molar-refractivity contribution in [3.05, 3.63) is 22.4 Å². The smallest absolute Gasteiger partial charge is 0.221 e. The first kappa shape index (κ1) is 18.8. The van der Waals surface area contributed by atoms with Crippen LogP contribution < -0.4 is 16.0 Å². The van der Waals surface area contributed by atoms with E-state index in [2.05, 4.69) is 44.7 Å². The standard InChI is InChI=1S/C18H30N4OS/c1-14(15-9-11-24-13-15)12-21-18(19-2)20-10-8-17(23)22-16-6-4-3-5-7-16/h9,11,13-14,16H,3-8,10,12H2,1-2H3,(H,22,23)(H2,19,20,21). The Hall–Kier alpha value is -1.56. The van der Waals surface area contributed by atoms with Gasteiger partial charge in [-0.15, -0.1) is 0 Å². The summed E-state index contributed by atoms with van der Waals surface area (Å²) in [5.41, 5.74) is 1.34. The Balaban J connectivity index is 1.61. The number of carbonyl (C=O) groups is 1. The molecule has 0 aromatic carbocycles. The highest BCUT2D eigenvalue weighted by Gasteiger charge is 2.15. The average Bonchev–Trinajstić information content (AvgIpc) is 3.13. The molecule has 0 radical (unpaired) electrons. The van der Waals surface area contributed by atoms with Gasteiger partial charge in [0.2, 0.25) is 5.91 Å². The Bertz CT molecular complexity index is 509. The van der Waals surface area contributed by atoms with E-state index < -0.39 is 0 Å². The Kier molecular flexibility index (Phi) is 8.08. The van der Waals surface area contributed by atoms with Crippen LogP contribution in [0.15, 0.2) is 21.8 Å². The van der Waals surface area contributed by atoms with Crippen LogP contribution in [-0.4, -0.2) is 38.0 Å². The van der Waals surface area contributed by atoms with Crippen molar-refractivity contribution in [3.63, 3.8) is 0 Å². The van der Waals surface area contributed by atoms with Crippen LogP contribution in [-0.2, 0) is 4.79 Å². The van der Waals surface area contributed by atoms with Crippen LogP contribution in [0, 0.1) is 0 Å². The van der Waals surface area contributed by atoms with Gasteiger partial charge in [-0.1, -0.05) is 26.2 Å². The fourth-order valence-electron chi connectivity index (χ4n) is 2.98. The van der Waals surface area contributed by atoms with Gasteiger partial charge in [-0.05, 0) is 41.1 Å². The Labute approximate surface area is 149 Å². The number of nitrogens with one attached hydrogen (secondary N) is 3. The van der Waals surface area contributed by atoms with Crippen molar-refractivity contribution < 1.29 is 4.79 Å². The molecule has 2 rings (SSSR count). The predicted molar refractivity (Wildman–Crippen MR) is 102 cm³/mol. The number of guanidine groups is 1. The lowest BCUT2D eigenvalue weighted by molar-refractivity contribution is -0.121. The maximum absolute atomic E-state index is 12.0. The lowest BCUT2D eigenvalue weighted by atomic mass is 9.95. The van der Waals surface area contributed by atoms with Gasteiger partial charge in [-0.2, -0.15) is 11.3 Å². The van der Waals surface area contributed by atoms with Gasteiger partial charge < -0.3 is 16.0 Å². The first-order chi connectivity index (χ1) is 11.7.